The molecule has 0 radical (unpaired) electrons. The van der Waals surface area contributed by atoms with E-state index in [4.69, 9.17) is 9.47 Å². The molecule has 4 rings (SSSR count). The Morgan fingerprint density at radius 3 is 2.11 bits per heavy atom. The normalized spacial score (nSPS) is 12.7. The average Bonchev–Trinajstić information content (AvgIpc) is 3.24. The molecule has 0 saturated heterocycles. The molecule has 3 aromatic carbocycles. The number of aryl methyl sites for hydroxylation is 1. The molecular formula is C30H29NO6. The summed E-state index contributed by atoms with van der Waals surface area (Å²) >= 11 is 0. The van der Waals surface area contributed by atoms with Crippen molar-refractivity contribution in [2.75, 3.05) is 20.3 Å². The van der Waals surface area contributed by atoms with Gasteiger partial charge < -0.3 is 14.6 Å². The first-order valence-electron chi connectivity index (χ1n) is 12.1. The molecule has 0 aliphatic heterocycles. The van der Waals surface area contributed by atoms with E-state index >= 15 is 0 Å². The molecule has 0 unspecified atom stereocenters. The predicted molar refractivity (Wildman–Crippen MR) is 139 cm³/mol. The molecule has 37 heavy (non-hydrogen) atoms. The molecule has 0 heterocycles. The zero-order chi connectivity index (χ0) is 26.4. The van der Waals surface area contributed by atoms with Gasteiger partial charge in [-0.2, -0.15) is 0 Å². The number of nitrogens with zero attached hydrogens (tertiary/aromatic N) is 1. The Morgan fingerprint density at radius 2 is 1.54 bits per heavy atom. The Morgan fingerprint density at radius 1 is 0.946 bits per heavy atom. The van der Waals surface area contributed by atoms with Gasteiger partial charge in [0.25, 0.3) is 0 Å². The minimum absolute atomic E-state index is 0.107. The van der Waals surface area contributed by atoms with Crippen molar-refractivity contribution >= 4 is 18.0 Å². The number of fused-ring (bicyclic) bond motifs is 3. The van der Waals surface area contributed by atoms with E-state index < -0.39 is 24.1 Å². The molecule has 1 atom stereocenters. The Labute approximate surface area is 215 Å². The van der Waals surface area contributed by atoms with Crippen LogP contribution in [0.25, 0.3) is 11.1 Å². The van der Waals surface area contributed by atoms with Crippen LogP contribution in [0.4, 0.5) is 4.79 Å². The molecule has 190 valence electrons. The zero-order valence-corrected chi connectivity index (χ0v) is 20.6. The minimum Gasteiger partial charge on any atom is -0.480 e. The first-order valence-corrected chi connectivity index (χ1v) is 12.1. The van der Waals surface area contributed by atoms with Crippen LogP contribution in [0.15, 0.2) is 85.5 Å². The number of esters is 1. The number of benzene rings is 3. The second-order valence-corrected chi connectivity index (χ2v) is 8.89. The topological polar surface area (TPSA) is 93.1 Å². The maximum absolute atomic E-state index is 12.9. The number of carbonyl (C=O) groups is 3. The van der Waals surface area contributed by atoms with Gasteiger partial charge in [-0.05, 0) is 52.8 Å². The molecule has 1 aliphatic carbocycles. The van der Waals surface area contributed by atoms with E-state index in [0.717, 1.165) is 32.7 Å². The number of likely N-dealkylation sites (N-methyl/N-ethyl adjacent to an activating group) is 1. The van der Waals surface area contributed by atoms with Crippen molar-refractivity contribution in [3.05, 3.63) is 108 Å². The van der Waals surface area contributed by atoms with Crippen LogP contribution < -0.4 is 0 Å². The van der Waals surface area contributed by atoms with Crippen molar-refractivity contribution in [3.63, 3.8) is 0 Å². The van der Waals surface area contributed by atoms with Crippen molar-refractivity contribution in [1.29, 1.82) is 0 Å². The Bertz CT molecular complexity index is 1250. The first kappa shape index (κ1) is 25.7. The van der Waals surface area contributed by atoms with Gasteiger partial charge in [-0.3, -0.25) is 4.90 Å². The zero-order valence-electron chi connectivity index (χ0n) is 20.6. The third-order valence-electron chi connectivity index (χ3n) is 6.60. The minimum atomic E-state index is -1.11. The SMILES string of the molecule is C=CCOC(=O)c1ccc(CC[C@@H](C(=O)O)N(C)C(=O)OCC2c3ccccc3-c3ccccc32)cc1. The quantitative estimate of drug-likeness (QED) is 0.301. The number of carboxylic acids is 1. The number of ether oxygens (including phenoxy) is 2. The number of aliphatic carboxylic acids is 1. The lowest BCUT2D eigenvalue weighted by Crippen LogP contribution is -2.43. The average molecular weight is 500 g/mol. The summed E-state index contributed by atoms with van der Waals surface area (Å²) in [4.78, 5) is 37.9. The molecule has 0 spiro atoms. The molecule has 0 saturated carbocycles. The largest absolute Gasteiger partial charge is 0.480 e. The monoisotopic (exact) mass is 499 g/mol. The molecule has 0 fully saturated rings. The van der Waals surface area contributed by atoms with Crippen LogP contribution in [0.1, 0.15) is 39.4 Å². The van der Waals surface area contributed by atoms with Gasteiger partial charge in [-0.1, -0.05) is 73.3 Å². The van der Waals surface area contributed by atoms with Crippen molar-refractivity contribution in [3.8, 4) is 11.1 Å². The third-order valence-corrected chi connectivity index (χ3v) is 6.60. The highest BCUT2D eigenvalue weighted by Gasteiger charge is 2.31. The summed E-state index contributed by atoms with van der Waals surface area (Å²) in [6.45, 7) is 3.76. The number of rotatable bonds is 10. The van der Waals surface area contributed by atoms with Gasteiger partial charge in [0.2, 0.25) is 0 Å². The van der Waals surface area contributed by atoms with Crippen molar-refractivity contribution in [2.45, 2.75) is 24.8 Å². The number of carboxylic acid groups (broad SMARTS) is 1. The molecule has 1 N–H and O–H groups in total. The number of amides is 1. The lowest BCUT2D eigenvalue weighted by Gasteiger charge is -2.25. The number of carbonyl (C=O) groups excluding carboxylic acids is 2. The summed E-state index contributed by atoms with van der Waals surface area (Å²) in [6.07, 6.45) is 1.40. The summed E-state index contributed by atoms with van der Waals surface area (Å²) in [5, 5.41) is 9.79. The van der Waals surface area contributed by atoms with Crippen LogP contribution in [0.5, 0.6) is 0 Å². The van der Waals surface area contributed by atoms with Gasteiger partial charge in [-0.25, -0.2) is 14.4 Å². The summed E-state index contributed by atoms with van der Waals surface area (Å²) < 4.78 is 10.6. The summed E-state index contributed by atoms with van der Waals surface area (Å²) in [6, 6.07) is 21.8. The van der Waals surface area contributed by atoms with Gasteiger partial charge >= 0.3 is 18.0 Å². The van der Waals surface area contributed by atoms with E-state index in [1.807, 2.05) is 36.4 Å². The maximum atomic E-state index is 12.9. The van der Waals surface area contributed by atoms with Crippen LogP contribution in [0.2, 0.25) is 0 Å². The van der Waals surface area contributed by atoms with Crippen molar-refractivity contribution < 1.29 is 29.0 Å². The summed E-state index contributed by atoms with van der Waals surface area (Å²) in [5.74, 6) is -1.67. The maximum Gasteiger partial charge on any atom is 0.410 e. The molecule has 0 bridgehead atoms. The molecule has 7 heteroatoms. The second kappa shape index (κ2) is 11.6. The summed E-state index contributed by atoms with van der Waals surface area (Å²) in [5.41, 5.74) is 5.66. The van der Waals surface area contributed by atoms with E-state index in [1.165, 1.54) is 13.1 Å². The molecule has 3 aromatic rings. The molecular weight excluding hydrogens is 470 g/mol. The predicted octanol–water partition coefficient (Wildman–Crippen LogP) is 5.30. The fourth-order valence-electron chi connectivity index (χ4n) is 4.63. The number of hydrogen-bond acceptors (Lipinski definition) is 5. The van der Waals surface area contributed by atoms with Gasteiger partial charge in [0, 0.05) is 13.0 Å². The van der Waals surface area contributed by atoms with Crippen molar-refractivity contribution in [2.24, 2.45) is 0 Å². The third kappa shape index (κ3) is 5.72. The van der Waals surface area contributed by atoms with E-state index in [9.17, 15) is 19.5 Å². The van der Waals surface area contributed by atoms with Gasteiger partial charge in [0.1, 0.15) is 19.3 Å². The second-order valence-electron chi connectivity index (χ2n) is 8.89. The van der Waals surface area contributed by atoms with Gasteiger partial charge in [-0.15, -0.1) is 0 Å². The standard InChI is InChI=1S/C30H29NO6/c1-3-18-36-29(34)21-15-12-20(13-16-21)14-17-27(28(32)33)31(2)30(35)37-19-26-24-10-6-4-8-22(24)23-9-5-7-11-25(23)26/h3-13,15-16,26-27H,1,14,17-19H2,2H3,(H,32,33)/t27-/m0/s1. The Kier molecular flexibility index (Phi) is 8.03. The lowest BCUT2D eigenvalue weighted by atomic mass is 9.98. The van der Waals surface area contributed by atoms with Crippen LogP contribution in [0, 0.1) is 0 Å². The highest BCUT2D eigenvalue weighted by Crippen LogP contribution is 2.44. The molecule has 1 aliphatic rings. The molecule has 0 aromatic heterocycles. The highest BCUT2D eigenvalue weighted by atomic mass is 16.6. The van der Waals surface area contributed by atoms with Crippen LogP contribution >= 0.6 is 0 Å². The molecule has 7 nitrogen and oxygen atoms in total. The van der Waals surface area contributed by atoms with Crippen LogP contribution in [0.3, 0.4) is 0 Å². The van der Waals surface area contributed by atoms with E-state index in [2.05, 4.69) is 18.7 Å². The van der Waals surface area contributed by atoms with Crippen molar-refractivity contribution in [1.82, 2.24) is 4.90 Å². The smallest absolute Gasteiger partial charge is 0.410 e. The first-order chi connectivity index (χ1) is 17.9. The number of hydrogen-bond donors (Lipinski definition) is 1. The Hall–Kier alpha value is -4.39. The fourth-order valence-corrected chi connectivity index (χ4v) is 4.63. The van der Waals surface area contributed by atoms with E-state index in [1.54, 1.807) is 24.3 Å². The molecule has 1 amide bonds. The van der Waals surface area contributed by atoms with E-state index in [-0.39, 0.29) is 25.6 Å². The lowest BCUT2D eigenvalue weighted by molar-refractivity contribution is -0.142. The van der Waals surface area contributed by atoms with E-state index in [0.29, 0.717) is 12.0 Å². The highest BCUT2D eigenvalue weighted by molar-refractivity contribution is 5.89. The van der Waals surface area contributed by atoms with Crippen LogP contribution in [-0.4, -0.2) is 54.3 Å². The van der Waals surface area contributed by atoms with Gasteiger partial charge in [0.05, 0.1) is 5.56 Å². The Balaban J connectivity index is 1.37. The summed E-state index contributed by atoms with van der Waals surface area (Å²) in [7, 11) is 1.44. The fraction of sp³-hybridized carbons (Fsp3) is 0.233. The van der Waals surface area contributed by atoms with Gasteiger partial charge in [0.15, 0.2) is 0 Å². The van der Waals surface area contributed by atoms with Crippen LogP contribution in [-0.2, 0) is 20.7 Å².